The minimum Gasteiger partial charge on any atom is -0.382 e. The number of likely N-dealkylation sites (tertiary alicyclic amines) is 1. The lowest BCUT2D eigenvalue weighted by molar-refractivity contribution is 0.107. The molecule has 2 fully saturated rings. The van der Waals surface area contributed by atoms with Crippen LogP contribution in [0.1, 0.15) is 44.2 Å². The Hall–Kier alpha value is -2.69. The largest absolute Gasteiger partial charge is 0.382 e. The second-order valence-corrected chi connectivity index (χ2v) is 9.42. The molecule has 4 rings (SSSR count). The molecule has 2 saturated heterocycles. The van der Waals surface area contributed by atoms with E-state index in [1.807, 2.05) is 6.07 Å². The van der Waals surface area contributed by atoms with Crippen LogP contribution in [-0.2, 0) is 6.54 Å². The SMILES string of the molecule is C[C@@H]1CN(c2ncc(C#N)c(N)n2)C[C@H](C)N1CCC1CCN(Cc2ccccc2)CC1. The van der Waals surface area contributed by atoms with Crippen LogP contribution in [0.25, 0.3) is 0 Å². The normalized spacial score (nSPS) is 23.2. The molecule has 0 aliphatic carbocycles. The van der Waals surface area contributed by atoms with Crippen LogP contribution in [0.15, 0.2) is 36.5 Å². The van der Waals surface area contributed by atoms with Gasteiger partial charge in [0.2, 0.25) is 5.95 Å². The van der Waals surface area contributed by atoms with Gasteiger partial charge in [-0.1, -0.05) is 30.3 Å². The molecule has 0 saturated carbocycles. The van der Waals surface area contributed by atoms with Crippen LogP contribution < -0.4 is 10.6 Å². The Morgan fingerprint density at radius 3 is 2.41 bits per heavy atom. The first-order valence-corrected chi connectivity index (χ1v) is 11.8. The minimum atomic E-state index is 0.263. The van der Waals surface area contributed by atoms with Crippen molar-refractivity contribution in [2.45, 2.75) is 51.7 Å². The number of aromatic nitrogens is 2. The summed E-state index contributed by atoms with van der Waals surface area (Å²) < 4.78 is 0. The minimum absolute atomic E-state index is 0.263. The smallest absolute Gasteiger partial charge is 0.227 e. The Kier molecular flexibility index (Phi) is 7.23. The van der Waals surface area contributed by atoms with Crippen molar-refractivity contribution < 1.29 is 0 Å². The van der Waals surface area contributed by atoms with Crippen molar-refractivity contribution in [3.63, 3.8) is 0 Å². The Labute approximate surface area is 191 Å². The van der Waals surface area contributed by atoms with Crippen LogP contribution in [0.5, 0.6) is 0 Å². The number of nitrogens with zero attached hydrogens (tertiary/aromatic N) is 6. The molecule has 7 heteroatoms. The lowest BCUT2D eigenvalue weighted by Gasteiger charge is -2.45. The van der Waals surface area contributed by atoms with Crippen molar-refractivity contribution in [3.8, 4) is 6.07 Å². The van der Waals surface area contributed by atoms with Gasteiger partial charge in [0.25, 0.3) is 0 Å². The molecule has 1 aromatic heterocycles. The number of hydrogen-bond donors (Lipinski definition) is 1. The summed E-state index contributed by atoms with van der Waals surface area (Å²) in [5.41, 5.74) is 7.66. The number of nitrogens with two attached hydrogens (primary N) is 1. The van der Waals surface area contributed by atoms with Gasteiger partial charge >= 0.3 is 0 Å². The second kappa shape index (κ2) is 10.3. The maximum Gasteiger partial charge on any atom is 0.227 e. The van der Waals surface area contributed by atoms with Crippen molar-refractivity contribution in [1.82, 2.24) is 19.8 Å². The molecule has 170 valence electrons. The number of anilines is 2. The molecule has 2 aliphatic heterocycles. The molecule has 2 aliphatic rings. The fraction of sp³-hybridized carbons (Fsp3) is 0.560. The Morgan fingerprint density at radius 2 is 1.78 bits per heavy atom. The lowest BCUT2D eigenvalue weighted by Crippen LogP contribution is -2.57. The monoisotopic (exact) mass is 433 g/mol. The van der Waals surface area contributed by atoms with E-state index in [0.717, 1.165) is 32.1 Å². The molecule has 3 heterocycles. The van der Waals surface area contributed by atoms with Crippen LogP contribution in [0, 0.1) is 17.2 Å². The fourth-order valence-corrected chi connectivity index (χ4v) is 5.19. The van der Waals surface area contributed by atoms with E-state index in [1.165, 1.54) is 44.1 Å². The number of piperazine rings is 1. The van der Waals surface area contributed by atoms with E-state index in [0.29, 0.717) is 23.6 Å². The highest BCUT2D eigenvalue weighted by Crippen LogP contribution is 2.25. The number of hydrogen-bond acceptors (Lipinski definition) is 7. The molecule has 0 amide bonds. The molecular formula is C25H35N7. The molecule has 0 spiro atoms. The van der Waals surface area contributed by atoms with E-state index in [9.17, 15) is 0 Å². The predicted octanol–water partition coefficient (Wildman–Crippen LogP) is 3.13. The van der Waals surface area contributed by atoms with Gasteiger partial charge in [-0.3, -0.25) is 9.80 Å². The van der Waals surface area contributed by atoms with Crippen LogP contribution >= 0.6 is 0 Å². The maximum atomic E-state index is 9.05. The topological polar surface area (TPSA) is 85.3 Å². The van der Waals surface area contributed by atoms with E-state index in [1.54, 1.807) is 0 Å². The van der Waals surface area contributed by atoms with Gasteiger partial charge in [0, 0.05) is 31.7 Å². The quantitative estimate of drug-likeness (QED) is 0.749. The van der Waals surface area contributed by atoms with E-state index in [-0.39, 0.29) is 5.82 Å². The molecule has 32 heavy (non-hydrogen) atoms. The van der Waals surface area contributed by atoms with Crippen LogP contribution in [-0.4, -0.2) is 64.6 Å². The average molecular weight is 434 g/mol. The van der Waals surface area contributed by atoms with E-state index >= 15 is 0 Å². The highest BCUT2D eigenvalue weighted by molar-refractivity contribution is 5.50. The van der Waals surface area contributed by atoms with Crippen molar-refractivity contribution >= 4 is 11.8 Å². The van der Waals surface area contributed by atoms with E-state index in [4.69, 9.17) is 11.0 Å². The second-order valence-electron chi connectivity index (χ2n) is 9.42. The summed E-state index contributed by atoms with van der Waals surface area (Å²) in [6, 6.07) is 13.7. The molecule has 2 aromatic rings. The van der Waals surface area contributed by atoms with Gasteiger partial charge in [0.1, 0.15) is 17.5 Å². The number of nitriles is 1. The Morgan fingerprint density at radius 1 is 1.09 bits per heavy atom. The molecule has 0 bridgehead atoms. The van der Waals surface area contributed by atoms with Crippen LogP contribution in [0.4, 0.5) is 11.8 Å². The number of piperidine rings is 1. The summed E-state index contributed by atoms with van der Waals surface area (Å²) in [6.07, 6.45) is 5.40. The molecule has 0 unspecified atom stereocenters. The van der Waals surface area contributed by atoms with Gasteiger partial charge < -0.3 is 10.6 Å². The number of benzene rings is 1. The van der Waals surface area contributed by atoms with Gasteiger partial charge in [0.15, 0.2) is 0 Å². The van der Waals surface area contributed by atoms with Crippen molar-refractivity contribution in [3.05, 3.63) is 47.7 Å². The summed E-state index contributed by atoms with van der Waals surface area (Å²) in [6.45, 7) is 11.0. The van der Waals surface area contributed by atoms with Gasteiger partial charge in [-0.15, -0.1) is 0 Å². The zero-order valence-corrected chi connectivity index (χ0v) is 19.3. The Bertz CT molecular complexity index is 906. The molecule has 2 N–H and O–H groups in total. The van der Waals surface area contributed by atoms with Gasteiger partial charge in [-0.2, -0.15) is 10.2 Å². The lowest BCUT2D eigenvalue weighted by atomic mass is 9.92. The third-order valence-corrected chi connectivity index (χ3v) is 7.06. The first-order chi connectivity index (χ1) is 15.5. The van der Waals surface area contributed by atoms with Crippen LogP contribution in [0.3, 0.4) is 0 Å². The number of nitrogen functional groups attached to an aromatic ring is 1. The third-order valence-electron chi connectivity index (χ3n) is 7.06. The highest BCUT2D eigenvalue weighted by atomic mass is 15.3. The van der Waals surface area contributed by atoms with Gasteiger partial charge in [-0.25, -0.2) is 4.98 Å². The van der Waals surface area contributed by atoms with Crippen molar-refractivity contribution in [2.24, 2.45) is 5.92 Å². The summed E-state index contributed by atoms with van der Waals surface area (Å²) in [7, 11) is 0. The Balaban J connectivity index is 1.24. The standard InChI is InChI=1S/C25H35N7/c1-19-16-31(25-28-15-23(14-26)24(27)29-25)17-20(2)32(19)13-10-21-8-11-30(12-9-21)18-22-6-4-3-5-7-22/h3-7,15,19-21H,8-13,16-18H2,1-2H3,(H2,27,28,29)/t19-,20+. The third kappa shape index (κ3) is 5.37. The van der Waals surface area contributed by atoms with Gasteiger partial charge in [-0.05, 0) is 64.2 Å². The first-order valence-electron chi connectivity index (χ1n) is 11.8. The van der Waals surface area contributed by atoms with Gasteiger partial charge in [0.05, 0.1) is 6.20 Å². The zero-order chi connectivity index (χ0) is 22.5. The van der Waals surface area contributed by atoms with Crippen molar-refractivity contribution in [1.29, 1.82) is 5.26 Å². The highest BCUT2D eigenvalue weighted by Gasteiger charge is 2.31. The van der Waals surface area contributed by atoms with Crippen molar-refractivity contribution in [2.75, 3.05) is 43.4 Å². The van der Waals surface area contributed by atoms with Crippen LogP contribution in [0.2, 0.25) is 0 Å². The number of rotatable bonds is 6. The summed E-state index contributed by atoms with van der Waals surface area (Å²) >= 11 is 0. The molecular weight excluding hydrogens is 398 g/mol. The molecule has 2 atom stereocenters. The zero-order valence-electron chi connectivity index (χ0n) is 19.3. The van der Waals surface area contributed by atoms with E-state index in [2.05, 4.69) is 68.8 Å². The average Bonchev–Trinajstić information content (AvgIpc) is 2.80. The fourth-order valence-electron chi connectivity index (χ4n) is 5.19. The summed E-state index contributed by atoms with van der Waals surface area (Å²) in [5.74, 6) is 1.71. The summed E-state index contributed by atoms with van der Waals surface area (Å²) in [4.78, 5) is 16.2. The summed E-state index contributed by atoms with van der Waals surface area (Å²) in [5, 5.41) is 9.05. The van der Waals surface area contributed by atoms with E-state index < -0.39 is 0 Å². The first kappa shape index (κ1) is 22.5. The maximum absolute atomic E-state index is 9.05. The molecule has 7 nitrogen and oxygen atoms in total. The predicted molar refractivity (Wildman–Crippen MR) is 128 cm³/mol. The molecule has 1 aromatic carbocycles. The molecule has 0 radical (unpaired) electrons.